The Kier molecular flexibility index (Phi) is 6.38. The van der Waals surface area contributed by atoms with Crippen molar-refractivity contribution in [3.63, 3.8) is 0 Å². The molecule has 0 N–H and O–H groups in total. The minimum atomic E-state index is -0.0831. The lowest BCUT2D eigenvalue weighted by atomic mass is 9.92. The molecule has 1 atom stereocenters. The van der Waals surface area contributed by atoms with Crippen LogP contribution in [0.2, 0.25) is 0 Å². The Morgan fingerprint density at radius 2 is 1.93 bits per heavy atom. The maximum atomic E-state index is 13.5. The third-order valence-electron chi connectivity index (χ3n) is 6.37. The molecule has 1 aromatic carbocycles. The highest BCUT2D eigenvalue weighted by atomic mass is 32.1. The van der Waals surface area contributed by atoms with E-state index in [4.69, 9.17) is 0 Å². The number of hydrogen-bond donors (Lipinski definition) is 0. The molecule has 2 aliphatic rings. The number of rotatable bonds is 6. The van der Waals surface area contributed by atoms with E-state index in [-0.39, 0.29) is 30.3 Å². The van der Waals surface area contributed by atoms with Gasteiger partial charge in [-0.3, -0.25) is 9.59 Å². The Hall–Kier alpha value is -2.40. The molecule has 158 valence electrons. The summed E-state index contributed by atoms with van der Waals surface area (Å²) in [5.74, 6) is 0.196. The molecule has 1 aromatic heterocycles. The van der Waals surface area contributed by atoms with E-state index < -0.39 is 0 Å². The molecule has 1 saturated carbocycles. The summed E-state index contributed by atoms with van der Waals surface area (Å²) in [6.45, 7) is 7.12. The van der Waals surface area contributed by atoms with Crippen LogP contribution in [0.15, 0.2) is 48.4 Å². The van der Waals surface area contributed by atoms with Crippen LogP contribution in [0.25, 0.3) is 0 Å². The van der Waals surface area contributed by atoms with E-state index in [1.807, 2.05) is 4.90 Å². The molecule has 2 heterocycles. The van der Waals surface area contributed by atoms with Gasteiger partial charge >= 0.3 is 0 Å². The maximum absolute atomic E-state index is 13.5. The quantitative estimate of drug-likeness (QED) is 0.631. The van der Waals surface area contributed by atoms with Gasteiger partial charge in [0.25, 0.3) is 0 Å². The summed E-state index contributed by atoms with van der Waals surface area (Å²) in [6.07, 6.45) is 6.69. The van der Waals surface area contributed by atoms with Gasteiger partial charge in [-0.2, -0.15) is 0 Å². The minimum Gasteiger partial charge on any atom is -0.330 e. The van der Waals surface area contributed by atoms with E-state index in [0.29, 0.717) is 13.1 Å². The molecule has 5 heteroatoms. The molecule has 4 nitrogen and oxygen atoms in total. The van der Waals surface area contributed by atoms with Crippen LogP contribution in [-0.2, 0) is 16.0 Å². The zero-order valence-electron chi connectivity index (χ0n) is 17.7. The van der Waals surface area contributed by atoms with Crippen LogP contribution in [0.3, 0.4) is 0 Å². The summed E-state index contributed by atoms with van der Waals surface area (Å²) in [4.78, 5) is 31.5. The first-order valence-corrected chi connectivity index (χ1v) is 11.8. The fraction of sp³-hybridized carbons (Fsp3) is 0.440. The van der Waals surface area contributed by atoms with E-state index in [0.717, 1.165) is 37.7 Å². The Morgan fingerprint density at radius 3 is 2.63 bits per heavy atom. The lowest BCUT2D eigenvalue weighted by Crippen LogP contribution is -2.47. The molecule has 0 bridgehead atoms. The van der Waals surface area contributed by atoms with Gasteiger partial charge in [0.15, 0.2) is 0 Å². The number of amides is 2. The van der Waals surface area contributed by atoms with Gasteiger partial charge in [-0.05, 0) is 48.8 Å². The van der Waals surface area contributed by atoms with E-state index in [9.17, 15) is 9.59 Å². The molecule has 1 aliphatic carbocycles. The van der Waals surface area contributed by atoms with Gasteiger partial charge < -0.3 is 9.80 Å². The summed E-state index contributed by atoms with van der Waals surface area (Å²) in [5.41, 5.74) is 3.56. The molecule has 2 amide bonds. The van der Waals surface area contributed by atoms with Crippen molar-refractivity contribution in [2.45, 2.75) is 45.1 Å². The van der Waals surface area contributed by atoms with Crippen molar-refractivity contribution in [1.29, 1.82) is 0 Å². The highest BCUT2D eigenvalue weighted by Crippen LogP contribution is 2.38. The predicted octanol–water partition coefficient (Wildman–Crippen LogP) is 4.74. The van der Waals surface area contributed by atoms with Crippen LogP contribution in [0, 0.1) is 12.8 Å². The van der Waals surface area contributed by atoms with Crippen LogP contribution in [-0.4, -0.2) is 41.2 Å². The molecule has 0 radical (unpaired) electrons. The zero-order valence-corrected chi connectivity index (χ0v) is 18.5. The SMILES string of the molecule is C=CCN(CC(=O)N1CCc2sccc2C1c1ccc(C)cc1)C(=O)C1CCCC1. The summed E-state index contributed by atoms with van der Waals surface area (Å²) >= 11 is 1.77. The molecular formula is C25H30N2O2S. The number of carbonyl (C=O) groups is 2. The van der Waals surface area contributed by atoms with Gasteiger partial charge in [-0.15, -0.1) is 17.9 Å². The smallest absolute Gasteiger partial charge is 0.243 e. The number of aryl methyl sites for hydroxylation is 1. The molecule has 0 spiro atoms. The van der Waals surface area contributed by atoms with Crippen molar-refractivity contribution in [3.05, 3.63) is 69.9 Å². The third kappa shape index (κ3) is 4.22. The van der Waals surface area contributed by atoms with Gasteiger partial charge in [0.05, 0.1) is 6.04 Å². The predicted molar refractivity (Wildman–Crippen MR) is 121 cm³/mol. The molecule has 1 aliphatic heterocycles. The highest BCUT2D eigenvalue weighted by Gasteiger charge is 2.35. The number of hydrogen-bond acceptors (Lipinski definition) is 3. The van der Waals surface area contributed by atoms with E-state index in [1.165, 1.54) is 16.0 Å². The van der Waals surface area contributed by atoms with Crippen molar-refractivity contribution in [2.24, 2.45) is 5.92 Å². The molecular weight excluding hydrogens is 392 g/mol. The van der Waals surface area contributed by atoms with E-state index in [2.05, 4.69) is 49.2 Å². The number of nitrogens with zero attached hydrogens (tertiary/aromatic N) is 2. The first kappa shape index (κ1) is 20.9. The van der Waals surface area contributed by atoms with Crippen molar-refractivity contribution in [2.75, 3.05) is 19.6 Å². The Bertz CT molecular complexity index is 911. The lowest BCUT2D eigenvalue weighted by Gasteiger charge is -2.38. The second-order valence-electron chi connectivity index (χ2n) is 8.44. The summed E-state index contributed by atoms with van der Waals surface area (Å²) in [7, 11) is 0. The van der Waals surface area contributed by atoms with Gasteiger partial charge in [0, 0.05) is 23.9 Å². The molecule has 1 fully saturated rings. The normalized spacial score (nSPS) is 18.8. The summed E-state index contributed by atoms with van der Waals surface area (Å²) < 4.78 is 0. The summed E-state index contributed by atoms with van der Waals surface area (Å²) in [5, 5.41) is 2.12. The Balaban J connectivity index is 1.58. The second kappa shape index (κ2) is 9.17. The number of carbonyl (C=O) groups excluding carboxylic acids is 2. The van der Waals surface area contributed by atoms with Crippen molar-refractivity contribution >= 4 is 23.2 Å². The third-order valence-corrected chi connectivity index (χ3v) is 7.37. The first-order chi connectivity index (χ1) is 14.6. The molecule has 4 rings (SSSR count). The monoisotopic (exact) mass is 422 g/mol. The van der Waals surface area contributed by atoms with Crippen LogP contribution in [0.4, 0.5) is 0 Å². The summed E-state index contributed by atoms with van der Waals surface area (Å²) in [6, 6.07) is 10.5. The standard InChI is InChI=1S/C25H30N2O2S/c1-3-14-26(25(29)20-6-4-5-7-20)17-23(28)27-15-12-22-21(13-16-30-22)24(27)19-10-8-18(2)9-11-19/h3,8-11,13,16,20,24H,1,4-7,12,14-15,17H2,2H3. The lowest BCUT2D eigenvalue weighted by molar-refractivity contribution is -0.143. The van der Waals surface area contributed by atoms with E-state index >= 15 is 0 Å². The van der Waals surface area contributed by atoms with Crippen LogP contribution in [0.1, 0.15) is 53.3 Å². The zero-order chi connectivity index (χ0) is 21.1. The first-order valence-electron chi connectivity index (χ1n) is 10.9. The highest BCUT2D eigenvalue weighted by molar-refractivity contribution is 7.10. The molecule has 30 heavy (non-hydrogen) atoms. The number of benzene rings is 1. The van der Waals surface area contributed by atoms with Crippen molar-refractivity contribution < 1.29 is 9.59 Å². The molecule has 2 aromatic rings. The minimum absolute atomic E-state index is 0.0191. The topological polar surface area (TPSA) is 40.6 Å². The fourth-order valence-corrected chi connectivity index (χ4v) is 5.67. The van der Waals surface area contributed by atoms with Gasteiger partial charge in [0.1, 0.15) is 6.54 Å². The molecule has 0 saturated heterocycles. The largest absolute Gasteiger partial charge is 0.330 e. The van der Waals surface area contributed by atoms with Crippen LogP contribution in [0.5, 0.6) is 0 Å². The van der Waals surface area contributed by atoms with Gasteiger partial charge in [-0.25, -0.2) is 0 Å². The van der Waals surface area contributed by atoms with Crippen LogP contribution < -0.4 is 0 Å². The Labute approximate surface area is 183 Å². The maximum Gasteiger partial charge on any atom is 0.243 e. The number of thiophene rings is 1. The average molecular weight is 423 g/mol. The van der Waals surface area contributed by atoms with E-state index in [1.54, 1.807) is 22.3 Å². The van der Waals surface area contributed by atoms with Gasteiger partial charge in [0.2, 0.25) is 11.8 Å². The fourth-order valence-electron chi connectivity index (χ4n) is 4.77. The second-order valence-corrected chi connectivity index (χ2v) is 9.44. The van der Waals surface area contributed by atoms with Gasteiger partial charge in [-0.1, -0.05) is 48.7 Å². The van der Waals surface area contributed by atoms with Crippen molar-refractivity contribution in [1.82, 2.24) is 9.80 Å². The Morgan fingerprint density at radius 1 is 1.20 bits per heavy atom. The molecule has 1 unspecified atom stereocenters. The van der Waals surface area contributed by atoms with Crippen molar-refractivity contribution in [3.8, 4) is 0 Å². The van der Waals surface area contributed by atoms with Crippen LogP contribution >= 0.6 is 11.3 Å². The average Bonchev–Trinajstić information content (AvgIpc) is 3.44. The number of fused-ring (bicyclic) bond motifs is 1.